The molecule has 2 aliphatic rings. The van der Waals surface area contributed by atoms with Crippen molar-refractivity contribution in [2.75, 3.05) is 13.2 Å². The van der Waals surface area contributed by atoms with Gasteiger partial charge in [-0.2, -0.15) is 0 Å². The lowest BCUT2D eigenvalue weighted by atomic mass is 10.1. The smallest absolute Gasteiger partial charge is 0.410 e. The summed E-state index contributed by atoms with van der Waals surface area (Å²) in [5.74, 6) is 0. The molecular formula is C19H18BrNO3. The lowest BCUT2D eigenvalue weighted by Crippen LogP contribution is -2.31. The number of rotatable bonds is 5. The molecule has 0 saturated carbocycles. The fourth-order valence-corrected chi connectivity index (χ4v) is 4.07. The minimum atomic E-state index is -0.237. The van der Waals surface area contributed by atoms with Crippen molar-refractivity contribution in [2.45, 2.75) is 25.2 Å². The number of hydrogen-bond donors (Lipinski definition) is 0. The van der Waals surface area contributed by atoms with Gasteiger partial charge in [0.2, 0.25) is 0 Å². The number of fused-ring (bicyclic) bond motifs is 3. The maximum atomic E-state index is 12.2. The Kier molecular flexibility index (Phi) is 4.29. The van der Waals surface area contributed by atoms with Crippen LogP contribution in [0.1, 0.15) is 22.7 Å². The molecular weight excluding hydrogens is 370 g/mol. The molecule has 0 radical (unpaired) electrons. The molecule has 1 fully saturated rings. The first-order chi connectivity index (χ1) is 11.7. The maximum Gasteiger partial charge on any atom is 0.410 e. The standard InChI is InChI=1S/C19H18BrNO3/c20-16-8-4-7-14-15(16)11-17-18(14)21(19(22)24-17)9-10-23-12-13-5-2-1-3-6-13/h1-8,17-18H,9-12H2. The van der Waals surface area contributed by atoms with E-state index in [-0.39, 0.29) is 18.2 Å². The predicted octanol–water partition coefficient (Wildman–Crippen LogP) is 4.08. The Labute approximate surface area is 149 Å². The van der Waals surface area contributed by atoms with Gasteiger partial charge in [0.05, 0.1) is 19.3 Å². The van der Waals surface area contributed by atoms with Crippen LogP contribution in [0.25, 0.3) is 0 Å². The summed E-state index contributed by atoms with van der Waals surface area (Å²) in [7, 11) is 0. The van der Waals surface area contributed by atoms with Gasteiger partial charge in [0.15, 0.2) is 0 Å². The summed E-state index contributed by atoms with van der Waals surface area (Å²) in [6, 6.07) is 16.2. The molecule has 4 rings (SSSR count). The van der Waals surface area contributed by atoms with E-state index >= 15 is 0 Å². The average molecular weight is 388 g/mol. The van der Waals surface area contributed by atoms with E-state index in [4.69, 9.17) is 9.47 Å². The molecule has 1 aliphatic heterocycles. The number of amides is 1. The van der Waals surface area contributed by atoms with Gasteiger partial charge in [0.25, 0.3) is 0 Å². The third-order valence-corrected chi connectivity index (χ3v) is 5.38. The van der Waals surface area contributed by atoms with E-state index < -0.39 is 0 Å². The van der Waals surface area contributed by atoms with Crippen LogP contribution in [-0.4, -0.2) is 30.2 Å². The van der Waals surface area contributed by atoms with Crippen LogP contribution >= 0.6 is 15.9 Å². The molecule has 4 nitrogen and oxygen atoms in total. The first-order valence-corrected chi connectivity index (χ1v) is 8.89. The van der Waals surface area contributed by atoms with Gasteiger partial charge in [-0.25, -0.2) is 4.79 Å². The van der Waals surface area contributed by atoms with Crippen molar-refractivity contribution in [1.29, 1.82) is 0 Å². The molecule has 2 atom stereocenters. The molecule has 1 amide bonds. The molecule has 1 saturated heterocycles. The third kappa shape index (κ3) is 2.82. The van der Waals surface area contributed by atoms with Crippen molar-refractivity contribution >= 4 is 22.0 Å². The Hall–Kier alpha value is -1.85. The van der Waals surface area contributed by atoms with Crippen LogP contribution in [0.4, 0.5) is 4.79 Å². The molecule has 0 N–H and O–H groups in total. The molecule has 5 heteroatoms. The van der Waals surface area contributed by atoms with Crippen molar-refractivity contribution in [3.8, 4) is 0 Å². The van der Waals surface area contributed by atoms with Gasteiger partial charge in [-0.1, -0.05) is 58.4 Å². The number of hydrogen-bond acceptors (Lipinski definition) is 3. The topological polar surface area (TPSA) is 38.8 Å². The molecule has 1 aliphatic carbocycles. The summed E-state index contributed by atoms with van der Waals surface area (Å²) in [6.45, 7) is 1.59. The fourth-order valence-electron chi connectivity index (χ4n) is 3.52. The third-order valence-electron chi connectivity index (χ3n) is 4.64. The molecule has 2 aromatic carbocycles. The fraction of sp³-hybridized carbons (Fsp3) is 0.316. The van der Waals surface area contributed by atoms with Gasteiger partial charge < -0.3 is 9.47 Å². The minimum Gasteiger partial charge on any atom is -0.443 e. The second-order valence-corrected chi connectivity index (χ2v) is 6.96. The molecule has 2 aromatic rings. The lowest BCUT2D eigenvalue weighted by Gasteiger charge is -2.21. The van der Waals surface area contributed by atoms with Crippen LogP contribution in [0.3, 0.4) is 0 Å². The van der Waals surface area contributed by atoms with E-state index in [0.717, 1.165) is 16.5 Å². The van der Waals surface area contributed by atoms with Crippen molar-refractivity contribution in [2.24, 2.45) is 0 Å². The summed E-state index contributed by atoms with van der Waals surface area (Å²) in [6.07, 6.45) is 0.452. The molecule has 2 unspecified atom stereocenters. The van der Waals surface area contributed by atoms with E-state index in [9.17, 15) is 4.79 Å². The number of ether oxygens (including phenoxy) is 2. The first kappa shape index (κ1) is 15.7. The highest BCUT2D eigenvalue weighted by atomic mass is 79.9. The molecule has 124 valence electrons. The highest BCUT2D eigenvalue weighted by molar-refractivity contribution is 9.10. The van der Waals surface area contributed by atoms with Gasteiger partial charge in [0.1, 0.15) is 6.10 Å². The summed E-state index contributed by atoms with van der Waals surface area (Å²) in [5.41, 5.74) is 3.56. The van der Waals surface area contributed by atoms with E-state index in [2.05, 4.69) is 22.0 Å². The number of carbonyl (C=O) groups is 1. The zero-order valence-electron chi connectivity index (χ0n) is 13.2. The van der Waals surface area contributed by atoms with Gasteiger partial charge in [0, 0.05) is 17.4 Å². The number of carbonyl (C=O) groups excluding carboxylic acids is 1. The Balaban J connectivity index is 1.41. The van der Waals surface area contributed by atoms with Crippen molar-refractivity contribution in [3.63, 3.8) is 0 Å². The number of halogens is 1. The van der Waals surface area contributed by atoms with Gasteiger partial charge in [-0.3, -0.25) is 4.90 Å². The summed E-state index contributed by atoms with van der Waals surface area (Å²) < 4.78 is 12.4. The van der Waals surface area contributed by atoms with Gasteiger partial charge >= 0.3 is 6.09 Å². The molecule has 24 heavy (non-hydrogen) atoms. The van der Waals surface area contributed by atoms with Crippen molar-refractivity contribution in [3.05, 3.63) is 69.7 Å². The maximum absolute atomic E-state index is 12.2. The highest BCUT2D eigenvalue weighted by Crippen LogP contribution is 2.44. The molecule has 1 heterocycles. The van der Waals surface area contributed by atoms with E-state index in [1.165, 1.54) is 11.1 Å². The van der Waals surface area contributed by atoms with Crippen molar-refractivity contribution < 1.29 is 14.3 Å². The summed E-state index contributed by atoms with van der Waals surface area (Å²) in [4.78, 5) is 14.0. The van der Waals surface area contributed by atoms with Crippen LogP contribution in [0.15, 0.2) is 53.0 Å². The second kappa shape index (κ2) is 6.57. The summed E-state index contributed by atoms with van der Waals surface area (Å²) >= 11 is 3.60. The quantitative estimate of drug-likeness (QED) is 0.725. The molecule has 0 spiro atoms. The zero-order valence-corrected chi connectivity index (χ0v) is 14.7. The predicted molar refractivity (Wildman–Crippen MR) is 93.7 cm³/mol. The Morgan fingerprint density at radius 3 is 2.83 bits per heavy atom. The van der Waals surface area contributed by atoms with Gasteiger partial charge in [-0.15, -0.1) is 0 Å². The van der Waals surface area contributed by atoms with Crippen LogP contribution in [-0.2, 0) is 22.5 Å². The largest absolute Gasteiger partial charge is 0.443 e. The Morgan fingerprint density at radius 1 is 1.17 bits per heavy atom. The monoisotopic (exact) mass is 387 g/mol. The molecule has 0 aromatic heterocycles. The van der Waals surface area contributed by atoms with Crippen LogP contribution in [0.5, 0.6) is 0 Å². The zero-order chi connectivity index (χ0) is 16.5. The Bertz CT molecular complexity index is 750. The Morgan fingerprint density at radius 2 is 2.00 bits per heavy atom. The average Bonchev–Trinajstić information content (AvgIpc) is 3.09. The number of nitrogens with zero attached hydrogens (tertiary/aromatic N) is 1. The van der Waals surface area contributed by atoms with E-state index in [1.54, 1.807) is 4.90 Å². The second-order valence-electron chi connectivity index (χ2n) is 6.11. The molecule has 0 bridgehead atoms. The van der Waals surface area contributed by atoms with Crippen LogP contribution < -0.4 is 0 Å². The summed E-state index contributed by atoms with van der Waals surface area (Å²) in [5, 5.41) is 0. The SMILES string of the molecule is O=C1OC2Cc3c(Br)cccc3C2N1CCOCc1ccccc1. The normalized spacial score (nSPS) is 21.5. The van der Waals surface area contributed by atoms with Crippen LogP contribution in [0, 0.1) is 0 Å². The number of benzene rings is 2. The van der Waals surface area contributed by atoms with E-state index in [1.807, 2.05) is 42.5 Å². The highest BCUT2D eigenvalue weighted by Gasteiger charge is 2.47. The van der Waals surface area contributed by atoms with E-state index in [0.29, 0.717) is 19.8 Å². The lowest BCUT2D eigenvalue weighted by molar-refractivity contribution is 0.0933. The van der Waals surface area contributed by atoms with Crippen molar-refractivity contribution in [1.82, 2.24) is 4.90 Å². The first-order valence-electron chi connectivity index (χ1n) is 8.10. The minimum absolute atomic E-state index is 0.00493. The van der Waals surface area contributed by atoms with Crippen LogP contribution in [0.2, 0.25) is 0 Å². The van der Waals surface area contributed by atoms with Gasteiger partial charge in [-0.05, 0) is 22.8 Å².